The summed E-state index contributed by atoms with van der Waals surface area (Å²) < 4.78 is 13.6. The van der Waals surface area contributed by atoms with E-state index in [1.54, 1.807) is 6.07 Å². The molecule has 0 saturated heterocycles. The molecule has 2 aromatic rings. The maximum Gasteiger partial charge on any atom is 0.142 e. The Bertz CT molecular complexity index is 630. The molecule has 1 atom stereocenters. The maximum atomic E-state index is 13.6. The summed E-state index contributed by atoms with van der Waals surface area (Å²) in [6.45, 7) is 3.72. The van der Waals surface area contributed by atoms with E-state index in [1.807, 2.05) is 18.2 Å². The van der Waals surface area contributed by atoms with Gasteiger partial charge < -0.3 is 10.2 Å². The van der Waals surface area contributed by atoms with E-state index in [4.69, 9.17) is 11.6 Å². The van der Waals surface area contributed by atoms with Crippen LogP contribution in [-0.4, -0.2) is 12.6 Å². The summed E-state index contributed by atoms with van der Waals surface area (Å²) in [6.07, 6.45) is 0. The van der Waals surface area contributed by atoms with Crippen molar-refractivity contribution in [3.8, 4) is 0 Å². The monoisotopic (exact) mass is 290 g/mol. The van der Waals surface area contributed by atoms with Gasteiger partial charge >= 0.3 is 0 Å². The molecule has 1 heterocycles. The van der Waals surface area contributed by atoms with E-state index in [1.165, 1.54) is 6.07 Å². The molecular formula is C16H16ClFN2. The Balaban J connectivity index is 1.91. The second-order valence-corrected chi connectivity index (χ2v) is 5.53. The molecule has 104 valence electrons. The molecule has 2 aromatic carbocycles. The van der Waals surface area contributed by atoms with E-state index in [9.17, 15) is 4.39 Å². The lowest BCUT2D eigenvalue weighted by atomic mass is 10.1. The van der Waals surface area contributed by atoms with Gasteiger partial charge in [-0.15, -0.1) is 0 Å². The molecule has 0 aliphatic carbocycles. The molecule has 4 heteroatoms. The van der Waals surface area contributed by atoms with Gasteiger partial charge in [0.15, 0.2) is 0 Å². The van der Waals surface area contributed by atoms with Crippen LogP contribution in [0.15, 0.2) is 42.5 Å². The third kappa shape index (κ3) is 2.46. The molecule has 0 aromatic heterocycles. The number of hydrogen-bond acceptors (Lipinski definition) is 2. The highest BCUT2D eigenvalue weighted by Crippen LogP contribution is 2.32. The smallest absolute Gasteiger partial charge is 0.142 e. The van der Waals surface area contributed by atoms with Gasteiger partial charge in [0, 0.05) is 19.1 Å². The van der Waals surface area contributed by atoms with Crippen molar-refractivity contribution in [2.75, 3.05) is 16.8 Å². The molecule has 20 heavy (non-hydrogen) atoms. The predicted octanol–water partition coefficient (Wildman–Crippen LogP) is 4.30. The Kier molecular flexibility index (Phi) is 3.53. The van der Waals surface area contributed by atoms with Crippen LogP contribution in [0.4, 0.5) is 15.8 Å². The van der Waals surface area contributed by atoms with Gasteiger partial charge in [0.2, 0.25) is 0 Å². The fraction of sp³-hybridized carbons (Fsp3) is 0.250. The number of halogens is 2. The topological polar surface area (TPSA) is 15.3 Å². The molecule has 0 amide bonds. The summed E-state index contributed by atoms with van der Waals surface area (Å²) in [7, 11) is 0. The average Bonchev–Trinajstić information content (AvgIpc) is 2.46. The minimum atomic E-state index is -0.361. The first-order valence-electron chi connectivity index (χ1n) is 6.68. The van der Waals surface area contributed by atoms with Crippen molar-refractivity contribution in [3.63, 3.8) is 0 Å². The van der Waals surface area contributed by atoms with E-state index < -0.39 is 0 Å². The van der Waals surface area contributed by atoms with Gasteiger partial charge in [-0.1, -0.05) is 29.8 Å². The van der Waals surface area contributed by atoms with Crippen LogP contribution in [0.2, 0.25) is 5.02 Å². The van der Waals surface area contributed by atoms with Crippen molar-refractivity contribution in [1.82, 2.24) is 0 Å². The summed E-state index contributed by atoms with van der Waals surface area (Å²) in [6, 6.07) is 13.5. The fourth-order valence-electron chi connectivity index (χ4n) is 2.55. The second-order valence-electron chi connectivity index (χ2n) is 5.12. The molecular weight excluding hydrogens is 275 g/mol. The van der Waals surface area contributed by atoms with Crippen molar-refractivity contribution in [1.29, 1.82) is 0 Å². The molecule has 1 aliphatic rings. The molecule has 3 rings (SSSR count). The quantitative estimate of drug-likeness (QED) is 0.887. The van der Waals surface area contributed by atoms with Gasteiger partial charge in [-0.05, 0) is 36.8 Å². The maximum absolute atomic E-state index is 13.6. The van der Waals surface area contributed by atoms with Crippen LogP contribution in [0.5, 0.6) is 0 Å². The van der Waals surface area contributed by atoms with Crippen LogP contribution in [-0.2, 0) is 6.54 Å². The van der Waals surface area contributed by atoms with Gasteiger partial charge in [-0.2, -0.15) is 0 Å². The first-order valence-corrected chi connectivity index (χ1v) is 7.06. The number of para-hydroxylation sites is 2. The number of benzene rings is 2. The van der Waals surface area contributed by atoms with E-state index in [0.717, 1.165) is 23.5 Å². The summed E-state index contributed by atoms with van der Waals surface area (Å²) in [5.74, 6) is -0.361. The molecule has 0 spiro atoms. The van der Waals surface area contributed by atoms with Crippen LogP contribution in [0.25, 0.3) is 0 Å². The molecule has 1 unspecified atom stereocenters. The van der Waals surface area contributed by atoms with E-state index in [2.05, 4.69) is 29.3 Å². The average molecular weight is 291 g/mol. The van der Waals surface area contributed by atoms with Gasteiger partial charge in [-0.3, -0.25) is 0 Å². The van der Waals surface area contributed by atoms with Crippen molar-refractivity contribution < 1.29 is 4.39 Å². The van der Waals surface area contributed by atoms with Crippen LogP contribution in [0.3, 0.4) is 0 Å². The summed E-state index contributed by atoms with van der Waals surface area (Å²) >= 11 is 5.73. The third-order valence-electron chi connectivity index (χ3n) is 3.67. The Labute approximate surface area is 123 Å². The van der Waals surface area contributed by atoms with Crippen molar-refractivity contribution in [2.45, 2.75) is 19.5 Å². The standard InChI is InChI=1S/C16H16ClFN2/c1-11-9-19-15-4-2-3-5-16(15)20(11)10-12-6-7-13(17)14(18)8-12/h2-8,11,19H,9-10H2,1H3. The zero-order chi connectivity index (χ0) is 14.1. The lowest BCUT2D eigenvalue weighted by molar-refractivity contribution is 0.616. The number of nitrogens with one attached hydrogen (secondary N) is 1. The van der Waals surface area contributed by atoms with Crippen LogP contribution in [0.1, 0.15) is 12.5 Å². The van der Waals surface area contributed by atoms with E-state index >= 15 is 0 Å². The zero-order valence-electron chi connectivity index (χ0n) is 11.2. The molecule has 1 N–H and O–H groups in total. The summed E-state index contributed by atoms with van der Waals surface area (Å²) in [4.78, 5) is 2.29. The molecule has 0 bridgehead atoms. The van der Waals surface area contributed by atoms with Crippen LogP contribution in [0, 0.1) is 5.82 Å². The molecule has 0 saturated carbocycles. The molecule has 1 aliphatic heterocycles. The van der Waals surface area contributed by atoms with Gasteiger partial charge in [0.25, 0.3) is 0 Å². The Morgan fingerprint density at radius 1 is 1.30 bits per heavy atom. The fourth-order valence-corrected chi connectivity index (χ4v) is 2.67. The lowest BCUT2D eigenvalue weighted by Gasteiger charge is -2.37. The van der Waals surface area contributed by atoms with E-state index in [-0.39, 0.29) is 10.8 Å². The largest absolute Gasteiger partial charge is 0.381 e. The molecule has 2 nitrogen and oxygen atoms in total. The summed E-state index contributed by atoms with van der Waals surface area (Å²) in [5.41, 5.74) is 3.21. The van der Waals surface area contributed by atoms with Gasteiger partial charge in [-0.25, -0.2) is 4.39 Å². The van der Waals surface area contributed by atoms with Crippen LogP contribution < -0.4 is 10.2 Å². The van der Waals surface area contributed by atoms with Gasteiger partial charge in [0.1, 0.15) is 5.82 Å². The highest BCUT2D eigenvalue weighted by molar-refractivity contribution is 6.30. The van der Waals surface area contributed by atoms with Crippen molar-refractivity contribution >= 4 is 23.0 Å². The van der Waals surface area contributed by atoms with E-state index in [0.29, 0.717) is 12.6 Å². The second kappa shape index (κ2) is 5.33. The van der Waals surface area contributed by atoms with Crippen molar-refractivity contribution in [2.24, 2.45) is 0 Å². The highest BCUT2D eigenvalue weighted by Gasteiger charge is 2.22. The number of fused-ring (bicyclic) bond motifs is 1. The number of anilines is 2. The highest BCUT2D eigenvalue weighted by atomic mass is 35.5. The zero-order valence-corrected chi connectivity index (χ0v) is 12.0. The Morgan fingerprint density at radius 3 is 2.90 bits per heavy atom. The predicted molar refractivity (Wildman–Crippen MR) is 82.0 cm³/mol. The third-order valence-corrected chi connectivity index (χ3v) is 3.98. The Hall–Kier alpha value is -1.74. The Morgan fingerprint density at radius 2 is 2.10 bits per heavy atom. The molecule has 0 fully saturated rings. The first kappa shape index (κ1) is 13.3. The van der Waals surface area contributed by atoms with Crippen molar-refractivity contribution in [3.05, 3.63) is 58.9 Å². The normalized spacial score (nSPS) is 17.6. The van der Waals surface area contributed by atoms with Crippen LogP contribution >= 0.6 is 11.6 Å². The lowest BCUT2D eigenvalue weighted by Crippen LogP contribution is -2.41. The van der Waals surface area contributed by atoms with Gasteiger partial charge in [0.05, 0.1) is 16.4 Å². The molecule has 0 radical (unpaired) electrons. The first-order chi connectivity index (χ1) is 9.65. The number of rotatable bonds is 2. The number of hydrogen-bond donors (Lipinski definition) is 1. The summed E-state index contributed by atoms with van der Waals surface area (Å²) in [5, 5.41) is 3.58. The minimum Gasteiger partial charge on any atom is -0.381 e. The number of nitrogens with zero attached hydrogens (tertiary/aromatic N) is 1. The SMILES string of the molecule is CC1CNc2ccccc2N1Cc1ccc(Cl)c(F)c1. The minimum absolute atomic E-state index is 0.169.